The third kappa shape index (κ3) is 6.17. The summed E-state index contributed by atoms with van der Waals surface area (Å²) in [6, 6.07) is 63.7. The summed E-state index contributed by atoms with van der Waals surface area (Å²) in [5, 5.41) is 0. The maximum atomic E-state index is 14.3. The second-order valence-corrected chi connectivity index (χ2v) is 13.2. The van der Waals surface area contributed by atoms with E-state index in [9.17, 15) is 8.42 Å². The Balaban J connectivity index is 1.45. The van der Waals surface area contributed by atoms with Gasteiger partial charge >= 0.3 is 0 Å². The third-order valence-electron chi connectivity index (χ3n) is 8.62. The van der Waals surface area contributed by atoms with Crippen LogP contribution in [0.2, 0.25) is 0 Å². The minimum absolute atomic E-state index is 0.201. The van der Waals surface area contributed by atoms with Crippen LogP contribution in [0, 0.1) is 0 Å². The topological polar surface area (TPSA) is 46.2 Å². The van der Waals surface area contributed by atoms with Gasteiger partial charge in [-0.15, -0.1) is 0 Å². The fourth-order valence-electron chi connectivity index (χ4n) is 6.17. The molecule has 1 N–H and O–H groups in total. The molecule has 7 aromatic carbocycles. The van der Waals surface area contributed by atoms with Gasteiger partial charge in [0, 0.05) is 0 Å². The fraction of sp³-hybridized carbons (Fsp3) is 0.0233. The molecule has 0 heterocycles. The number of nitrogens with one attached hydrogen (secondary N) is 1. The van der Waals surface area contributed by atoms with Gasteiger partial charge < -0.3 is 0 Å². The van der Waals surface area contributed by atoms with Crippen LogP contribution in [0.25, 0.3) is 33.4 Å². The first-order valence-corrected chi connectivity index (χ1v) is 17.1. The van der Waals surface area contributed by atoms with Crippen LogP contribution < -0.4 is 4.72 Å². The largest absolute Gasteiger partial charge is 0.241 e. The van der Waals surface area contributed by atoms with Crippen LogP contribution in [-0.2, 0) is 15.6 Å². The minimum Gasteiger partial charge on any atom is -0.207 e. The summed E-state index contributed by atoms with van der Waals surface area (Å²) in [6.45, 7) is 0. The van der Waals surface area contributed by atoms with Crippen molar-refractivity contribution in [1.29, 1.82) is 0 Å². The normalized spacial score (nSPS) is 11.7. The predicted molar refractivity (Wildman–Crippen MR) is 192 cm³/mol. The molecule has 7 aromatic rings. The summed E-state index contributed by atoms with van der Waals surface area (Å²) in [4.78, 5) is 0.201. The molecule has 47 heavy (non-hydrogen) atoms. The Morgan fingerprint density at radius 3 is 0.872 bits per heavy atom. The van der Waals surface area contributed by atoms with E-state index >= 15 is 0 Å². The summed E-state index contributed by atoms with van der Waals surface area (Å²) >= 11 is 0. The Morgan fingerprint density at radius 1 is 0.319 bits per heavy atom. The molecule has 0 radical (unpaired) electrons. The van der Waals surface area contributed by atoms with Gasteiger partial charge in [-0.1, -0.05) is 182 Å². The second kappa shape index (κ2) is 13.1. The van der Waals surface area contributed by atoms with Crippen LogP contribution in [0.1, 0.15) is 16.7 Å². The Bertz CT molecular complexity index is 1970. The molecule has 0 aliphatic carbocycles. The van der Waals surface area contributed by atoms with Crippen molar-refractivity contribution in [2.75, 3.05) is 0 Å². The minimum atomic E-state index is -4.00. The van der Waals surface area contributed by atoms with Crippen LogP contribution in [0.15, 0.2) is 199 Å². The molecule has 0 spiro atoms. The van der Waals surface area contributed by atoms with Crippen LogP contribution in [0.5, 0.6) is 0 Å². The summed E-state index contributed by atoms with van der Waals surface area (Å²) < 4.78 is 31.9. The maximum absolute atomic E-state index is 14.3. The van der Waals surface area contributed by atoms with Gasteiger partial charge in [0.15, 0.2) is 0 Å². The first-order chi connectivity index (χ1) is 23.0. The van der Waals surface area contributed by atoms with Crippen molar-refractivity contribution in [3.63, 3.8) is 0 Å². The molecule has 0 atom stereocenters. The van der Waals surface area contributed by atoms with Gasteiger partial charge in [-0.3, -0.25) is 0 Å². The van der Waals surface area contributed by atoms with Crippen molar-refractivity contribution < 1.29 is 8.42 Å². The molecular formula is C43H33NO2S. The molecule has 0 aliphatic rings. The van der Waals surface area contributed by atoms with Gasteiger partial charge in [-0.2, -0.15) is 4.72 Å². The van der Waals surface area contributed by atoms with E-state index in [0.717, 1.165) is 50.1 Å². The number of sulfonamides is 1. The van der Waals surface area contributed by atoms with Crippen molar-refractivity contribution >= 4 is 10.0 Å². The molecule has 0 aliphatic heterocycles. The first-order valence-electron chi connectivity index (χ1n) is 15.6. The smallest absolute Gasteiger partial charge is 0.207 e. The molecule has 228 valence electrons. The third-order valence-corrected chi connectivity index (χ3v) is 10.1. The zero-order valence-electron chi connectivity index (χ0n) is 25.7. The average molecular weight is 628 g/mol. The Labute approximate surface area is 276 Å². The molecule has 0 saturated heterocycles. The van der Waals surface area contributed by atoms with Crippen LogP contribution in [0.4, 0.5) is 0 Å². The highest BCUT2D eigenvalue weighted by molar-refractivity contribution is 7.89. The van der Waals surface area contributed by atoms with Gasteiger partial charge in [-0.25, -0.2) is 8.42 Å². The molecule has 7 rings (SSSR count). The molecule has 4 heteroatoms. The molecule has 0 amide bonds. The molecule has 0 fully saturated rings. The van der Waals surface area contributed by atoms with Crippen LogP contribution in [-0.4, -0.2) is 8.42 Å². The van der Waals surface area contributed by atoms with Crippen molar-refractivity contribution in [2.45, 2.75) is 10.4 Å². The lowest BCUT2D eigenvalue weighted by Crippen LogP contribution is -2.47. The van der Waals surface area contributed by atoms with Gasteiger partial charge in [0.1, 0.15) is 5.54 Å². The van der Waals surface area contributed by atoms with E-state index in [2.05, 4.69) is 77.5 Å². The highest BCUT2D eigenvalue weighted by Crippen LogP contribution is 2.41. The monoisotopic (exact) mass is 627 g/mol. The molecule has 0 saturated carbocycles. The standard InChI is InChI=1S/C43H33NO2S/c45-47(46,42-19-11-4-12-20-42)44-43(39-27-21-36(22-28-39)33-13-5-1-6-14-33,40-29-23-37(24-30-40)34-15-7-2-8-16-34)41-31-25-38(26-32-41)35-17-9-3-10-18-35/h1-32,44H. The Morgan fingerprint density at radius 2 is 0.574 bits per heavy atom. The number of hydrogen-bond donors (Lipinski definition) is 1. The lowest BCUT2D eigenvalue weighted by Gasteiger charge is -2.37. The summed E-state index contributed by atoms with van der Waals surface area (Å²) in [5.74, 6) is 0. The summed E-state index contributed by atoms with van der Waals surface area (Å²) in [7, 11) is -4.00. The molecule has 0 bridgehead atoms. The van der Waals surface area contributed by atoms with Crippen molar-refractivity contribution in [3.8, 4) is 33.4 Å². The molecule has 0 aromatic heterocycles. The van der Waals surface area contributed by atoms with E-state index in [4.69, 9.17) is 0 Å². The zero-order valence-corrected chi connectivity index (χ0v) is 26.5. The van der Waals surface area contributed by atoms with E-state index in [1.165, 1.54) is 0 Å². The van der Waals surface area contributed by atoms with Crippen LogP contribution >= 0.6 is 0 Å². The highest BCUT2D eigenvalue weighted by atomic mass is 32.2. The van der Waals surface area contributed by atoms with Crippen LogP contribution in [0.3, 0.4) is 0 Å². The zero-order chi connectivity index (χ0) is 32.1. The van der Waals surface area contributed by atoms with Crippen molar-refractivity contribution in [2.24, 2.45) is 0 Å². The second-order valence-electron chi connectivity index (χ2n) is 11.5. The first kappa shape index (κ1) is 30.1. The molecule has 0 unspecified atom stereocenters. The lowest BCUT2D eigenvalue weighted by molar-refractivity contribution is 0.527. The summed E-state index contributed by atoms with van der Waals surface area (Å²) in [5.41, 5.74) is 7.57. The predicted octanol–water partition coefficient (Wildman–Crippen LogP) is 9.96. The van der Waals surface area contributed by atoms with Crippen molar-refractivity contribution in [3.05, 3.63) is 211 Å². The Hall–Kier alpha value is -5.55. The van der Waals surface area contributed by atoms with Gasteiger partial charge in [0.2, 0.25) is 10.0 Å². The van der Waals surface area contributed by atoms with Crippen molar-refractivity contribution in [1.82, 2.24) is 4.72 Å². The maximum Gasteiger partial charge on any atom is 0.241 e. The van der Waals surface area contributed by atoms with Gasteiger partial charge in [0.25, 0.3) is 0 Å². The van der Waals surface area contributed by atoms with E-state index in [0.29, 0.717) is 0 Å². The average Bonchev–Trinajstić information content (AvgIpc) is 3.15. The summed E-state index contributed by atoms with van der Waals surface area (Å²) in [6.07, 6.45) is 0. The van der Waals surface area contributed by atoms with Gasteiger partial charge in [0.05, 0.1) is 4.90 Å². The Kier molecular flexibility index (Phi) is 8.36. The van der Waals surface area contributed by atoms with E-state index in [1.807, 2.05) is 97.1 Å². The quantitative estimate of drug-likeness (QED) is 0.162. The molecular weight excluding hydrogens is 595 g/mol. The molecule has 3 nitrogen and oxygen atoms in total. The highest BCUT2D eigenvalue weighted by Gasteiger charge is 2.41. The number of benzene rings is 7. The SMILES string of the molecule is O=S(=O)(NC(c1ccc(-c2ccccc2)cc1)(c1ccc(-c2ccccc2)cc1)c1ccc(-c2ccccc2)cc1)c1ccccc1. The fourth-order valence-corrected chi connectivity index (χ4v) is 7.56. The van der Waals surface area contributed by atoms with Gasteiger partial charge in [-0.05, 0) is 62.2 Å². The van der Waals surface area contributed by atoms with E-state index in [1.54, 1.807) is 24.3 Å². The number of rotatable bonds is 9. The van der Waals surface area contributed by atoms with E-state index in [-0.39, 0.29) is 4.90 Å². The lowest BCUT2D eigenvalue weighted by atomic mass is 9.77. The number of hydrogen-bond acceptors (Lipinski definition) is 2. The van der Waals surface area contributed by atoms with E-state index < -0.39 is 15.6 Å².